The number of hydrogen-bond donors (Lipinski definition) is 2. The molecule has 4 aromatic rings. The molecule has 2 heterocycles. The van der Waals surface area contributed by atoms with Gasteiger partial charge in [-0.15, -0.1) is 0 Å². The van der Waals surface area contributed by atoms with E-state index in [0.717, 1.165) is 35.7 Å². The van der Waals surface area contributed by atoms with Crippen molar-refractivity contribution in [3.8, 4) is 39.8 Å². The lowest BCUT2D eigenvalue weighted by atomic mass is 10.1. The van der Waals surface area contributed by atoms with Crippen LogP contribution in [0.1, 0.15) is 5.56 Å². The van der Waals surface area contributed by atoms with Crippen LogP contribution in [0, 0.1) is 6.92 Å². The van der Waals surface area contributed by atoms with Gasteiger partial charge in [0.2, 0.25) is 0 Å². The van der Waals surface area contributed by atoms with E-state index in [0.29, 0.717) is 35.8 Å². The molecular formula is C30H30N4O5. The molecule has 1 saturated heterocycles. The second-order valence-corrected chi connectivity index (χ2v) is 9.37. The van der Waals surface area contributed by atoms with Crippen molar-refractivity contribution < 1.29 is 19.4 Å². The van der Waals surface area contributed by atoms with E-state index >= 15 is 0 Å². The first-order chi connectivity index (χ1) is 18.9. The second kappa shape index (κ2) is 11.3. The Bertz CT molecular complexity index is 1540. The molecule has 200 valence electrons. The Morgan fingerprint density at radius 3 is 2.49 bits per heavy atom. The molecule has 3 aromatic carbocycles. The molecular weight excluding hydrogens is 496 g/mol. The van der Waals surface area contributed by atoms with Gasteiger partial charge >= 0.3 is 5.69 Å². The molecule has 1 aromatic heterocycles. The van der Waals surface area contributed by atoms with Crippen LogP contribution in [0.15, 0.2) is 77.6 Å². The van der Waals surface area contributed by atoms with Crippen molar-refractivity contribution in [2.24, 2.45) is 0 Å². The molecule has 0 unspecified atom stereocenters. The molecule has 1 aliphatic rings. The predicted molar refractivity (Wildman–Crippen MR) is 149 cm³/mol. The van der Waals surface area contributed by atoms with Crippen molar-refractivity contribution in [1.29, 1.82) is 0 Å². The summed E-state index contributed by atoms with van der Waals surface area (Å²) in [5.41, 5.74) is 3.80. The topological polar surface area (TPSA) is 108 Å². The van der Waals surface area contributed by atoms with Crippen molar-refractivity contribution in [2.75, 3.05) is 44.8 Å². The summed E-state index contributed by atoms with van der Waals surface area (Å²) >= 11 is 0. The molecule has 9 nitrogen and oxygen atoms in total. The molecule has 0 radical (unpaired) electrons. The van der Waals surface area contributed by atoms with Crippen LogP contribution in [-0.2, 0) is 4.79 Å². The van der Waals surface area contributed by atoms with E-state index in [-0.39, 0.29) is 18.3 Å². The third-order valence-corrected chi connectivity index (χ3v) is 6.80. The second-order valence-electron chi connectivity index (χ2n) is 9.37. The van der Waals surface area contributed by atoms with Crippen LogP contribution >= 0.6 is 0 Å². The Kier molecular flexibility index (Phi) is 7.49. The minimum Gasteiger partial charge on any atom is -0.508 e. The highest BCUT2D eigenvalue weighted by Gasteiger charge is 2.22. The van der Waals surface area contributed by atoms with E-state index in [4.69, 9.17) is 9.47 Å². The molecule has 0 saturated carbocycles. The van der Waals surface area contributed by atoms with Gasteiger partial charge in [0, 0.05) is 49.1 Å². The lowest BCUT2D eigenvalue weighted by Crippen LogP contribution is -2.50. The highest BCUT2D eigenvalue weighted by atomic mass is 16.5. The van der Waals surface area contributed by atoms with Crippen molar-refractivity contribution in [1.82, 2.24) is 14.9 Å². The van der Waals surface area contributed by atoms with E-state index < -0.39 is 5.69 Å². The number of carbonyl (C=O) groups excluding carboxylic acids is 1. The van der Waals surface area contributed by atoms with Crippen LogP contribution in [0.2, 0.25) is 0 Å². The average Bonchev–Trinajstić information content (AvgIpc) is 2.97. The van der Waals surface area contributed by atoms with Gasteiger partial charge < -0.3 is 29.4 Å². The fourth-order valence-corrected chi connectivity index (χ4v) is 4.59. The molecule has 0 spiro atoms. The number of ether oxygens (including phenoxy) is 2. The maximum Gasteiger partial charge on any atom is 0.345 e. The van der Waals surface area contributed by atoms with Gasteiger partial charge in [0.25, 0.3) is 5.91 Å². The number of H-pyrrole nitrogens is 1. The minimum atomic E-state index is -0.484. The van der Waals surface area contributed by atoms with Gasteiger partial charge in [0.1, 0.15) is 17.2 Å². The van der Waals surface area contributed by atoms with Gasteiger partial charge in [-0.25, -0.2) is 4.79 Å². The number of anilines is 1. The first-order valence-corrected chi connectivity index (χ1v) is 12.7. The van der Waals surface area contributed by atoms with Gasteiger partial charge in [0.15, 0.2) is 6.61 Å². The smallest absolute Gasteiger partial charge is 0.345 e. The van der Waals surface area contributed by atoms with Crippen LogP contribution in [0.5, 0.6) is 17.2 Å². The molecule has 1 aliphatic heterocycles. The van der Waals surface area contributed by atoms with Crippen LogP contribution in [-0.4, -0.2) is 65.8 Å². The Morgan fingerprint density at radius 2 is 1.72 bits per heavy atom. The number of amides is 1. The Morgan fingerprint density at radius 1 is 0.949 bits per heavy atom. The van der Waals surface area contributed by atoms with Crippen LogP contribution in [0.25, 0.3) is 22.5 Å². The minimum absolute atomic E-state index is 0.0759. The number of aromatic hydroxyl groups is 1. The molecule has 1 amide bonds. The van der Waals surface area contributed by atoms with E-state index in [2.05, 4.69) is 14.9 Å². The molecule has 9 heteroatoms. The third-order valence-electron chi connectivity index (χ3n) is 6.80. The first kappa shape index (κ1) is 25.8. The zero-order valence-corrected chi connectivity index (χ0v) is 21.9. The summed E-state index contributed by atoms with van der Waals surface area (Å²) < 4.78 is 11.2. The molecule has 39 heavy (non-hydrogen) atoms. The summed E-state index contributed by atoms with van der Waals surface area (Å²) in [6, 6.07) is 22.0. The SMILES string of the molecule is COc1cccc(N2CCN(C(=O)COc3cccc(-c4cc(-c5ccc(O)c(C)c5)nc(=O)[nH]4)c3)CC2)c1. The number of phenols is 1. The first-order valence-electron chi connectivity index (χ1n) is 12.7. The van der Waals surface area contributed by atoms with Crippen molar-refractivity contribution in [2.45, 2.75) is 6.92 Å². The molecule has 1 fully saturated rings. The van der Waals surface area contributed by atoms with Gasteiger partial charge in [-0.05, 0) is 61.0 Å². The number of methoxy groups -OCH3 is 1. The fraction of sp³-hybridized carbons (Fsp3) is 0.233. The summed E-state index contributed by atoms with van der Waals surface area (Å²) in [7, 11) is 1.65. The maximum atomic E-state index is 12.9. The number of benzene rings is 3. The number of aryl methyl sites for hydroxylation is 1. The number of hydrogen-bond acceptors (Lipinski definition) is 7. The van der Waals surface area contributed by atoms with Crippen molar-refractivity contribution in [3.05, 3.63) is 88.8 Å². The Labute approximate surface area is 226 Å². The normalized spacial score (nSPS) is 13.3. The molecule has 2 N–H and O–H groups in total. The van der Waals surface area contributed by atoms with Gasteiger partial charge in [-0.2, -0.15) is 4.98 Å². The van der Waals surface area contributed by atoms with E-state index in [1.54, 1.807) is 50.4 Å². The van der Waals surface area contributed by atoms with E-state index in [9.17, 15) is 14.7 Å². The summed E-state index contributed by atoms with van der Waals surface area (Å²) in [5.74, 6) is 1.44. The van der Waals surface area contributed by atoms with Crippen LogP contribution in [0.4, 0.5) is 5.69 Å². The van der Waals surface area contributed by atoms with E-state index in [1.807, 2.05) is 41.3 Å². The van der Waals surface area contributed by atoms with E-state index in [1.165, 1.54) is 0 Å². The van der Waals surface area contributed by atoms with Crippen molar-refractivity contribution in [3.63, 3.8) is 0 Å². The predicted octanol–water partition coefficient (Wildman–Crippen LogP) is 3.85. The van der Waals surface area contributed by atoms with Gasteiger partial charge in [-0.1, -0.05) is 18.2 Å². The molecule has 0 bridgehead atoms. The number of nitrogens with zero attached hydrogens (tertiary/aromatic N) is 3. The average molecular weight is 527 g/mol. The fourth-order valence-electron chi connectivity index (χ4n) is 4.59. The number of aromatic nitrogens is 2. The monoisotopic (exact) mass is 526 g/mol. The molecule has 0 aliphatic carbocycles. The number of aromatic amines is 1. The highest BCUT2D eigenvalue weighted by Crippen LogP contribution is 2.28. The van der Waals surface area contributed by atoms with Gasteiger partial charge in [-0.3, -0.25) is 4.79 Å². The molecule has 5 rings (SSSR count). The Hall–Kier alpha value is -4.79. The number of carbonyl (C=O) groups is 1. The van der Waals surface area contributed by atoms with Crippen molar-refractivity contribution >= 4 is 11.6 Å². The number of rotatable bonds is 7. The summed E-state index contributed by atoms with van der Waals surface area (Å²) in [5, 5.41) is 9.82. The van der Waals surface area contributed by atoms with Crippen LogP contribution in [0.3, 0.4) is 0 Å². The summed E-state index contributed by atoms with van der Waals surface area (Å²) in [6.07, 6.45) is 0. The summed E-state index contributed by atoms with van der Waals surface area (Å²) in [4.78, 5) is 36.1. The largest absolute Gasteiger partial charge is 0.508 e. The quantitative estimate of drug-likeness (QED) is 0.377. The zero-order valence-electron chi connectivity index (χ0n) is 21.9. The van der Waals surface area contributed by atoms with Crippen LogP contribution < -0.4 is 20.1 Å². The molecule has 0 atom stereocenters. The lowest BCUT2D eigenvalue weighted by Gasteiger charge is -2.36. The number of piperazine rings is 1. The lowest BCUT2D eigenvalue weighted by molar-refractivity contribution is -0.133. The highest BCUT2D eigenvalue weighted by molar-refractivity contribution is 5.78. The standard InChI is InChI=1S/C30H30N4O5/c1-20-15-22(9-10-28(20)35)27-18-26(31-30(37)32-27)21-5-3-8-25(16-21)39-19-29(36)34-13-11-33(12-14-34)23-6-4-7-24(17-23)38-2/h3-10,15-18,35H,11-14,19H2,1-2H3,(H,31,32,37). The Balaban J connectivity index is 1.22. The number of nitrogens with one attached hydrogen (secondary N) is 1. The maximum absolute atomic E-state index is 12.9. The number of phenolic OH excluding ortho intramolecular Hbond substituents is 1. The van der Waals surface area contributed by atoms with Gasteiger partial charge in [0.05, 0.1) is 18.5 Å². The zero-order chi connectivity index (χ0) is 27.4. The third kappa shape index (κ3) is 6.04. The summed E-state index contributed by atoms with van der Waals surface area (Å²) in [6.45, 7) is 4.39.